The molecule has 0 saturated carbocycles. The maximum atomic E-state index is 13.4. The van der Waals surface area contributed by atoms with Crippen LogP contribution in [-0.2, 0) is 6.54 Å². The lowest BCUT2D eigenvalue weighted by Gasteiger charge is -2.09. The fourth-order valence-corrected chi connectivity index (χ4v) is 1.59. The van der Waals surface area contributed by atoms with E-state index in [1.807, 2.05) is 13.8 Å². The van der Waals surface area contributed by atoms with Gasteiger partial charge in [0.15, 0.2) is 17.4 Å². The standard InChI is InChI=1S/C12H16FN5O/c1-8(2)14-7-12-15-16-17-18(12)9-4-5-10(13)11(6-9)19-3/h4-6,8,14H,7H2,1-3H3. The molecule has 0 aliphatic rings. The van der Waals surface area contributed by atoms with Crippen LogP contribution in [0.15, 0.2) is 18.2 Å². The van der Waals surface area contributed by atoms with Gasteiger partial charge in [0.1, 0.15) is 0 Å². The second-order valence-electron chi connectivity index (χ2n) is 4.36. The lowest BCUT2D eigenvalue weighted by molar-refractivity contribution is 0.386. The first-order chi connectivity index (χ1) is 9.11. The van der Waals surface area contributed by atoms with E-state index in [-0.39, 0.29) is 5.75 Å². The molecule has 0 spiro atoms. The van der Waals surface area contributed by atoms with Crippen LogP contribution >= 0.6 is 0 Å². The minimum Gasteiger partial charge on any atom is -0.494 e. The largest absolute Gasteiger partial charge is 0.494 e. The summed E-state index contributed by atoms with van der Waals surface area (Å²) >= 11 is 0. The monoisotopic (exact) mass is 265 g/mol. The Morgan fingerprint density at radius 3 is 2.89 bits per heavy atom. The van der Waals surface area contributed by atoms with E-state index in [1.165, 1.54) is 13.2 Å². The summed E-state index contributed by atoms with van der Waals surface area (Å²) in [5, 5.41) is 14.7. The topological polar surface area (TPSA) is 64.9 Å². The molecule has 0 amide bonds. The van der Waals surface area contributed by atoms with Crippen molar-refractivity contribution in [3.8, 4) is 11.4 Å². The third-order valence-corrected chi connectivity index (χ3v) is 2.58. The molecule has 1 heterocycles. The van der Waals surface area contributed by atoms with Gasteiger partial charge in [-0.2, -0.15) is 4.68 Å². The molecule has 7 heteroatoms. The Morgan fingerprint density at radius 2 is 2.21 bits per heavy atom. The number of hydrogen-bond acceptors (Lipinski definition) is 5. The molecule has 0 radical (unpaired) electrons. The molecule has 0 aliphatic carbocycles. The van der Waals surface area contributed by atoms with Crippen molar-refractivity contribution in [2.45, 2.75) is 26.4 Å². The lowest BCUT2D eigenvalue weighted by atomic mass is 10.3. The van der Waals surface area contributed by atoms with Crippen molar-refractivity contribution in [3.05, 3.63) is 29.8 Å². The fraction of sp³-hybridized carbons (Fsp3) is 0.417. The van der Waals surface area contributed by atoms with Crippen LogP contribution in [0.1, 0.15) is 19.7 Å². The molecule has 6 nitrogen and oxygen atoms in total. The highest BCUT2D eigenvalue weighted by molar-refractivity contribution is 5.39. The van der Waals surface area contributed by atoms with Crippen LogP contribution < -0.4 is 10.1 Å². The molecule has 0 atom stereocenters. The highest BCUT2D eigenvalue weighted by Gasteiger charge is 2.11. The maximum absolute atomic E-state index is 13.4. The van der Waals surface area contributed by atoms with Crippen molar-refractivity contribution < 1.29 is 9.13 Å². The summed E-state index contributed by atoms with van der Waals surface area (Å²) in [7, 11) is 1.42. The van der Waals surface area contributed by atoms with E-state index in [4.69, 9.17) is 4.74 Å². The van der Waals surface area contributed by atoms with Crippen LogP contribution in [-0.4, -0.2) is 33.4 Å². The second kappa shape index (κ2) is 5.75. The van der Waals surface area contributed by atoms with Crippen LogP contribution in [0.2, 0.25) is 0 Å². The Kier molecular flexibility index (Phi) is 4.06. The van der Waals surface area contributed by atoms with E-state index in [9.17, 15) is 4.39 Å². The van der Waals surface area contributed by atoms with E-state index >= 15 is 0 Å². The predicted octanol–water partition coefficient (Wildman–Crippen LogP) is 1.31. The van der Waals surface area contributed by atoms with Crippen molar-refractivity contribution in [1.82, 2.24) is 25.5 Å². The summed E-state index contributed by atoms with van der Waals surface area (Å²) in [6.07, 6.45) is 0. The molecule has 0 unspecified atom stereocenters. The number of tetrazole rings is 1. The van der Waals surface area contributed by atoms with Gasteiger partial charge in [0.25, 0.3) is 0 Å². The summed E-state index contributed by atoms with van der Waals surface area (Å²) in [5.41, 5.74) is 0.656. The molecule has 2 aromatic rings. The number of aromatic nitrogens is 4. The van der Waals surface area contributed by atoms with Crippen molar-refractivity contribution >= 4 is 0 Å². The third-order valence-electron chi connectivity index (χ3n) is 2.58. The molecule has 1 aromatic heterocycles. The Morgan fingerprint density at radius 1 is 1.42 bits per heavy atom. The summed E-state index contributed by atoms with van der Waals surface area (Å²) in [6, 6.07) is 4.82. The van der Waals surface area contributed by atoms with Gasteiger partial charge in [-0.1, -0.05) is 13.8 Å². The van der Waals surface area contributed by atoms with Crippen molar-refractivity contribution in [2.75, 3.05) is 7.11 Å². The SMILES string of the molecule is COc1cc(-n2nnnc2CNC(C)C)ccc1F. The van der Waals surface area contributed by atoms with Crippen molar-refractivity contribution in [1.29, 1.82) is 0 Å². The molecule has 102 valence electrons. The molecule has 2 rings (SSSR count). The van der Waals surface area contributed by atoms with Crippen molar-refractivity contribution in [2.24, 2.45) is 0 Å². The molecular formula is C12H16FN5O. The quantitative estimate of drug-likeness (QED) is 0.883. The minimum atomic E-state index is -0.416. The van der Waals surface area contributed by atoms with Crippen molar-refractivity contribution in [3.63, 3.8) is 0 Å². The average Bonchev–Trinajstić information content (AvgIpc) is 2.85. The molecule has 1 aromatic carbocycles. The van der Waals surface area contributed by atoms with Gasteiger partial charge in [0.2, 0.25) is 0 Å². The molecule has 0 aliphatic heterocycles. The highest BCUT2D eigenvalue weighted by Crippen LogP contribution is 2.20. The number of benzene rings is 1. The van der Waals surface area contributed by atoms with Gasteiger partial charge in [-0.05, 0) is 22.6 Å². The van der Waals surface area contributed by atoms with Crippen LogP contribution in [0.5, 0.6) is 5.75 Å². The Bertz CT molecular complexity index is 555. The summed E-state index contributed by atoms with van der Waals surface area (Å²) in [5.74, 6) is 0.402. The maximum Gasteiger partial charge on any atom is 0.170 e. The first-order valence-electron chi connectivity index (χ1n) is 5.96. The van der Waals surface area contributed by atoms with E-state index < -0.39 is 5.82 Å². The van der Waals surface area contributed by atoms with Gasteiger partial charge < -0.3 is 10.1 Å². The number of ether oxygens (including phenoxy) is 1. The van der Waals surface area contributed by atoms with E-state index in [0.717, 1.165) is 0 Å². The third kappa shape index (κ3) is 3.05. The fourth-order valence-electron chi connectivity index (χ4n) is 1.59. The minimum absolute atomic E-state index is 0.163. The van der Waals surface area contributed by atoms with E-state index in [0.29, 0.717) is 24.1 Å². The first-order valence-corrected chi connectivity index (χ1v) is 5.96. The van der Waals surface area contributed by atoms with Crippen LogP contribution in [0, 0.1) is 5.82 Å². The smallest absolute Gasteiger partial charge is 0.170 e. The number of methoxy groups -OCH3 is 1. The summed E-state index contributed by atoms with van der Waals surface area (Å²) < 4.78 is 19.9. The van der Waals surface area contributed by atoms with Gasteiger partial charge in [-0.25, -0.2) is 4.39 Å². The van der Waals surface area contributed by atoms with Gasteiger partial charge in [0.05, 0.1) is 19.3 Å². The van der Waals surface area contributed by atoms with Crippen LogP contribution in [0.3, 0.4) is 0 Å². The zero-order valence-electron chi connectivity index (χ0n) is 11.1. The van der Waals surface area contributed by atoms with E-state index in [2.05, 4.69) is 20.8 Å². The number of hydrogen-bond donors (Lipinski definition) is 1. The Balaban J connectivity index is 2.29. The van der Waals surface area contributed by atoms with Gasteiger partial charge in [-0.3, -0.25) is 0 Å². The molecular weight excluding hydrogens is 249 g/mol. The van der Waals surface area contributed by atoms with Crippen LogP contribution in [0.4, 0.5) is 4.39 Å². The average molecular weight is 265 g/mol. The Hall–Kier alpha value is -2.02. The molecule has 0 saturated heterocycles. The predicted molar refractivity (Wildman–Crippen MR) is 67.6 cm³/mol. The highest BCUT2D eigenvalue weighted by atomic mass is 19.1. The second-order valence-corrected chi connectivity index (χ2v) is 4.36. The molecule has 0 fully saturated rings. The lowest BCUT2D eigenvalue weighted by Crippen LogP contribution is -2.24. The summed E-state index contributed by atoms with van der Waals surface area (Å²) in [6.45, 7) is 4.61. The number of halogens is 1. The molecule has 0 bridgehead atoms. The van der Waals surface area contributed by atoms with Crippen LogP contribution in [0.25, 0.3) is 5.69 Å². The van der Waals surface area contributed by atoms with Gasteiger partial charge >= 0.3 is 0 Å². The first kappa shape index (κ1) is 13.4. The summed E-state index contributed by atoms with van der Waals surface area (Å²) in [4.78, 5) is 0. The zero-order valence-corrected chi connectivity index (χ0v) is 11.1. The number of nitrogens with one attached hydrogen (secondary N) is 1. The van der Waals surface area contributed by atoms with Gasteiger partial charge in [0, 0.05) is 12.1 Å². The number of rotatable bonds is 5. The number of nitrogens with zero attached hydrogens (tertiary/aromatic N) is 4. The normalized spacial score (nSPS) is 11.0. The molecule has 19 heavy (non-hydrogen) atoms. The molecule has 1 N–H and O–H groups in total. The van der Waals surface area contributed by atoms with E-state index in [1.54, 1.807) is 16.8 Å². The Labute approximate surface area is 110 Å². The zero-order chi connectivity index (χ0) is 13.8. The van der Waals surface area contributed by atoms with Gasteiger partial charge in [-0.15, -0.1) is 5.10 Å².